The van der Waals surface area contributed by atoms with Gasteiger partial charge in [-0.05, 0) is 19.9 Å². The van der Waals surface area contributed by atoms with Crippen LogP contribution in [0.3, 0.4) is 0 Å². The molecule has 0 fully saturated rings. The fourth-order valence-corrected chi connectivity index (χ4v) is 0.983. The number of carbonyl (C=O) groups is 1. The minimum absolute atomic E-state index is 0. The van der Waals surface area contributed by atoms with Gasteiger partial charge in [0.15, 0.2) is 0 Å². The molecule has 15 heavy (non-hydrogen) atoms. The van der Waals surface area contributed by atoms with Crippen molar-refractivity contribution in [2.45, 2.75) is 13.3 Å². The predicted octanol–water partition coefficient (Wildman–Crippen LogP) is -2.16. The van der Waals surface area contributed by atoms with Gasteiger partial charge in [0, 0.05) is 6.54 Å². The monoisotopic (exact) mass is 250 g/mol. The number of hydrogen-bond acceptors (Lipinski definition) is 2. The molecule has 1 N–H and O–H groups in total. The number of carbonyl (C=O) groups excluding carboxylic acids is 1. The maximum Gasteiger partial charge on any atom is 1.00 e. The van der Waals surface area contributed by atoms with Crippen molar-refractivity contribution in [3.63, 3.8) is 0 Å². The fourth-order valence-electron chi connectivity index (χ4n) is 0.983. The molecule has 0 aromatic carbocycles. The SMILES string of the molecule is CCCNC(=O)CN(C)C[B-](F)(F)F.[K+]. The smallest absolute Gasteiger partial charge is 0.448 e. The van der Waals surface area contributed by atoms with Gasteiger partial charge in [0.25, 0.3) is 0 Å². The number of rotatable bonds is 6. The van der Waals surface area contributed by atoms with E-state index in [1.165, 1.54) is 7.05 Å². The number of halogens is 3. The Morgan fingerprint density at radius 3 is 2.33 bits per heavy atom. The number of amides is 1. The zero-order valence-electron chi connectivity index (χ0n) is 9.40. The molecule has 3 nitrogen and oxygen atoms in total. The van der Waals surface area contributed by atoms with Crippen molar-refractivity contribution in [1.82, 2.24) is 10.2 Å². The Morgan fingerprint density at radius 1 is 1.40 bits per heavy atom. The molecule has 84 valence electrons. The van der Waals surface area contributed by atoms with Gasteiger partial charge >= 0.3 is 58.4 Å². The summed E-state index contributed by atoms with van der Waals surface area (Å²) in [6.45, 7) is -2.67. The van der Waals surface area contributed by atoms with Crippen molar-refractivity contribution in [2.24, 2.45) is 0 Å². The van der Waals surface area contributed by atoms with Crippen LogP contribution in [0.2, 0.25) is 0 Å². The van der Waals surface area contributed by atoms with E-state index < -0.39 is 13.4 Å². The predicted molar refractivity (Wildman–Crippen MR) is 49.9 cm³/mol. The number of likely N-dealkylation sites (N-methyl/N-ethyl adjacent to an activating group) is 1. The fraction of sp³-hybridized carbons (Fsp3) is 0.857. The van der Waals surface area contributed by atoms with E-state index in [0.29, 0.717) is 6.54 Å². The van der Waals surface area contributed by atoms with Gasteiger partial charge < -0.3 is 23.2 Å². The van der Waals surface area contributed by atoms with E-state index in [0.717, 1.165) is 11.3 Å². The second kappa shape index (κ2) is 9.00. The number of nitrogens with one attached hydrogen (secondary N) is 1. The van der Waals surface area contributed by atoms with E-state index in [-0.39, 0.29) is 63.8 Å². The van der Waals surface area contributed by atoms with E-state index in [9.17, 15) is 17.7 Å². The second-order valence-electron chi connectivity index (χ2n) is 3.26. The Morgan fingerprint density at radius 2 is 1.93 bits per heavy atom. The molecule has 0 spiro atoms. The molecule has 1 amide bonds. The first kappa shape index (κ1) is 18.3. The summed E-state index contributed by atoms with van der Waals surface area (Å²) in [5.41, 5.74) is 0. The molecular weight excluding hydrogens is 235 g/mol. The van der Waals surface area contributed by atoms with Crippen LogP contribution in [-0.4, -0.2) is 44.4 Å². The summed E-state index contributed by atoms with van der Waals surface area (Å²) in [7, 11) is 1.28. The summed E-state index contributed by atoms with van der Waals surface area (Å²) in [6.07, 6.45) is -0.224. The molecule has 0 heterocycles. The molecule has 0 bridgehead atoms. The summed E-state index contributed by atoms with van der Waals surface area (Å²) in [4.78, 5) is 11.9. The molecule has 0 radical (unpaired) electrons. The summed E-state index contributed by atoms with van der Waals surface area (Å²) in [5.74, 6) is -0.366. The normalized spacial score (nSPS) is 11.1. The topological polar surface area (TPSA) is 32.3 Å². The minimum Gasteiger partial charge on any atom is -0.448 e. The van der Waals surface area contributed by atoms with E-state index >= 15 is 0 Å². The summed E-state index contributed by atoms with van der Waals surface area (Å²) in [6, 6.07) is 0. The third-order valence-corrected chi connectivity index (χ3v) is 1.50. The first-order valence-corrected chi connectivity index (χ1v) is 4.51. The number of hydrogen-bond donors (Lipinski definition) is 1. The van der Waals surface area contributed by atoms with Gasteiger partial charge in [-0.25, -0.2) is 0 Å². The van der Waals surface area contributed by atoms with Gasteiger partial charge in [-0.3, -0.25) is 4.79 Å². The standard InChI is InChI=1S/C7H15BF3N2O.K/c1-3-4-12-7(14)5-13(2)6-8(9,10)11;/h3-6H2,1-2H3,(H,12,14);/q-1;+1. The Kier molecular flexibility index (Phi) is 11.0. The Bertz CT molecular complexity index is 192. The van der Waals surface area contributed by atoms with Crippen molar-refractivity contribution in [1.29, 1.82) is 0 Å². The van der Waals surface area contributed by atoms with E-state index in [1.807, 2.05) is 6.92 Å². The van der Waals surface area contributed by atoms with Crippen molar-refractivity contribution in [2.75, 3.05) is 26.6 Å². The Balaban J connectivity index is 0. The van der Waals surface area contributed by atoms with Gasteiger partial charge in [-0.2, -0.15) is 0 Å². The van der Waals surface area contributed by atoms with Crippen LogP contribution < -0.4 is 56.7 Å². The summed E-state index contributed by atoms with van der Waals surface area (Å²) >= 11 is 0. The second-order valence-corrected chi connectivity index (χ2v) is 3.26. The van der Waals surface area contributed by atoms with Crippen LogP contribution in [0.4, 0.5) is 12.9 Å². The van der Waals surface area contributed by atoms with Gasteiger partial charge in [0.2, 0.25) is 5.91 Å². The molecular formula is C7H15BF3KN2O. The van der Waals surface area contributed by atoms with Gasteiger partial charge in [0.1, 0.15) is 0 Å². The molecule has 0 saturated carbocycles. The average molecular weight is 250 g/mol. The average Bonchev–Trinajstić information content (AvgIpc) is 1.96. The van der Waals surface area contributed by atoms with E-state index in [1.54, 1.807) is 0 Å². The van der Waals surface area contributed by atoms with Crippen LogP contribution in [0.5, 0.6) is 0 Å². The number of nitrogens with zero attached hydrogens (tertiary/aromatic N) is 1. The zero-order valence-corrected chi connectivity index (χ0v) is 12.5. The largest absolute Gasteiger partial charge is 1.00 e. The molecule has 0 aliphatic carbocycles. The molecule has 0 atom stereocenters. The molecule has 0 aliphatic heterocycles. The minimum atomic E-state index is -4.85. The Hall–Kier alpha value is 0.921. The molecule has 0 unspecified atom stereocenters. The van der Waals surface area contributed by atoms with Crippen LogP contribution in [0.1, 0.15) is 13.3 Å². The third kappa shape index (κ3) is 12.9. The van der Waals surface area contributed by atoms with Gasteiger partial charge in [0.05, 0.1) is 6.54 Å². The first-order valence-electron chi connectivity index (χ1n) is 4.51. The van der Waals surface area contributed by atoms with Crippen LogP contribution in [0.25, 0.3) is 0 Å². The van der Waals surface area contributed by atoms with Crippen molar-refractivity contribution >= 4 is 12.9 Å². The molecule has 0 aliphatic rings. The van der Waals surface area contributed by atoms with Crippen molar-refractivity contribution < 1.29 is 69.1 Å². The van der Waals surface area contributed by atoms with Crippen LogP contribution >= 0.6 is 0 Å². The first-order chi connectivity index (χ1) is 6.35. The summed E-state index contributed by atoms with van der Waals surface area (Å²) < 4.78 is 35.7. The third-order valence-electron chi connectivity index (χ3n) is 1.50. The quantitative estimate of drug-likeness (QED) is 0.544. The molecule has 0 rings (SSSR count). The molecule has 8 heteroatoms. The van der Waals surface area contributed by atoms with E-state index in [4.69, 9.17) is 0 Å². The van der Waals surface area contributed by atoms with Gasteiger partial charge in [-0.1, -0.05) is 6.92 Å². The van der Waals surface area contributed by atoms with Crippen LogP contribution in [0, 0.1) is 0 Å². The Labute approximate surface area is 131 Å². The summed E-state index contributed by atoms with van der Waals surface area (Å²) in [5, 5.41) is 2.51. The van der Waals surface area contributed by atoms with Crippen molar-refractivity contribution in [3.05, 3.63) is 0 Å². The molecule has 0 aromatic heterocycles. The van der Waals surface area contributed by atoms with Crippen molar-refractivity contribution in [3.8, 4) is 0 Å². The van der Waals surface area contributed by atoms with Crippen LogP contribution in [0.15, 0.2) is 0 Å². The molecule has 0 aromatic rings. The molecule has 0 saturated heterocycles. The maximum atomic E-state index is 11.9. The maximum absolute atomic E-state index is 11.9. The van der Waals surface area contributed by atoms with Crippen LogP contribution in [-0.2, 0) is 4.79 Å². The van der Waals surface area contributed by atoms with Gasteiger partial charge in [-0.15, -0.1) is 0 Å². The zero-order chi connectivity index (χ0) is 11.2. The van der Waals surface area contributed by atoms with E-state index in [2.05, 4.69) is 5.32 Å².